The number of sulfone groups is 1. The molecule has 0 saturated carbocycles. The summed E-state index contributed by atoms with van der Waals surface area (Å²) in [7, 11) is -3.33. The summed E-state index contributed by atoms with van der Waals surface area (Å²) in [6.45, 7) is 3.49. The van der Waals surface area contributed by atoms with Crippen molar-refractivity contribution in [1.29, 1.82) is 0 Å². The molecule has 0 amide bonds. The lowest BCUT2D eigenvalue weighted by atomic mass is 10.1. The highest BCUT2D eigenvalue weighted by Gasteiger charge is 2.32. The number of halogens is 1. The number of aryl methyl sites for hydroxylation is 1. The van der Waals surface area contributed by atoms with Crippen LogP contribution in [0.4, 0.5) is 5.13 Å². The van der Waals surface area contributed by atoms with Crippen LogP contribution in [-0.2, 0) is 16.3 Å². The van der Waals surface area contributed by atoms with Gasteiger partial charge in [-0.2, -0.15) is 0 Å². The van der Waals surface area contributed by atoms with Gasteiger partial charge < -0.3 is 4.90 Å². The molecule has 0 spiro atoms. The van der Waals surface area contributed by atoms with Gasteiger partial charge in [0.05, 0.1) is 15.8 Å². The number of aromatic nitrogens is 1. The van der Waals surface area contributed by atoms with E-state index in [0.29, 0.717) is 35.8 Å². The highest BCUT2D eigenvalue weighted by molar-refractivity contribution is 7.92. The van der Waals surface area contributed by atoms with E-state index in [-0.39, 0.29) is 5.25 Å². The fraction of sp³-hybridized carbons (Fsp3) is 0.318. The first-order valence-corrected chi connectivity index (χ1v) is 12.5. The van der Waals surface area contributed by atoms with Crippen molar-refractivity contribution < 1.29 is 8.42 Å². The Morgan fingerprint density at radius 1 is 1.07 bits per heavy atom. The fourth-order valence-electron chi connectivity index (χ4n) is 3.61. The second kappa shape index (κ2) is 8.46. The molecule has 4 nitrogen and oxygen atoms in total. The largest absolute Gasteiger partial charge is 0.348 e. The van der Waals surface area contributed by atoms with Crippen LogP contribution in [0.3, 0.4) is 0 Å². The maximum atomic E-state index is 12.9. The highest BCUT2D eigenvalue weighted by atomic mass is 35.5. The van der Waals surface area contributed by atoms with Gasteiger partial charge in [-0.05, 0) is 49.6 Å². The van der Waals surface area contributed by atoms with Gasteiger partial charge in [0.25, 0.3) is 0 Å². The van der Waals surface area contributed by atoms with Gasteiger partial charge in [-0.15, -0.1) is 11.3 Å². The molecule has 0 N–H and O–H groups in total. The predicted molar refractivity (Wildman–Crippen MR) is 120 cm³/mol. The molecule has 29 heavy (non-hydrogen) atoms. The maximum absolute atomic E-state index is 12.9. The van der Waals surface area contributed by atoms with E-state index >= 15 is 0 Å². The Balaban J connectivity index is 1.39. The molecule has 0 atom stereocenters. The third kappa shape index (κ3) is 4.65. The Morgan fingerprint density at radius 2 is 1.72 bits per heavy atom. The molecule has 0 radical (unpaired) electrons. The highest BCUT2D eigenvalue weighted by Crippen LogP contribution is 2.30. The monoisotopic (exact) mass is 446 g/mol. The lowest BCUT2D eigenvalue weighted by Gasteiger charge is -2.31. The van der Waals surface area contributed by atoms with Crippen LogP contribution in [-0.4, -0.2) is 31.7 Å². The summed E-state index contributed by atoms with van der Waals surface area (Å²) in [5.74, 6) is 0. The lowest BCUT2D eigenvalue weighted by molar-refractivity contribution is 0.529. The second-order valence-electron chi connectivity index (χ2n) is 7.47. The summed E-state index contributed by atoms with van der Waals surface area (Å²) in [6, 6.07) is 15.0. The van der Waals surface area contributed by atoms with E-state index in [1.165, 1.54) is 11.1 Å². The number of benzene rings is 2. The molecular formula is C22H23ClN2O2S2. The van der Waals surface area contributed by atoms with Crippen molar-refractivity contribution in [3.63, 3.8) is 0 Å². The van der Waals surface area contributed by atoms with Crippen LogP contribution >= 0.6 is 22.9 Å². The van der Waals surface area contributed by atoms with Gasteiger partial charge >= 0.3 is 0 Å². The Bertz CT molecular complexity index is 1070. The van der Waals surface area contributed by atoms with Crippen LogP contribution in [0.1, 0.15) is 29.7 Å². The number of hydrogen-bond donors (Lipinski definition) is 0. The van der Waals surface area contributed by atoms with E-state index in [9.17, 15) is 8.42 Å². The fourth-order valence-corrected chi connectivity index (χ4v) is 6.35. The summed E-state index contributed by atoms with van der Waals surface area (Å²) >= 11 is 7.52. The average molecular weight is 447 g/mol. The average Bonchev–Trinajstić information content (AvgIpc) is 3.19. The van der Waals surface area contributed by atoms with Crippen LogP contribution < -0.4 is 4.90 Å². The predicted octanol–water partition coefficient (Wildman–Crippen LogP) is 5.14. The Kier molecular flexibility index (Phi) is 5.95. The summed E-state index contributed by atoms with van der Waals surface area (Å²) in [6.07, 6.45) is 2.04. The van der Waals surface area contributed by atoms with Crippen molar-refractivity contribution >= 4 is 37.9 Å². The minimum atomic E-state index is -3.33. The summed E-state index contributed by atoms with van der Waals surface area (Å²) in [5, 5.41) is 3.27. The molecular weight excluding hydrogens is 424 g/mol. The van der Waals surface area contributed by atoms with Gasteiger partial charge in [0.2, 0.25) is 0 Å². The molecule has 1 aliphatic heterocycles. The third-order valence-corrected chi connectivity index (χ3v) is 8.82. The molecule has 3 aromatic rings. The van der Waals surface area contributed by atoms with Crippen molar-refractivity contribution in [3.8, 4) is 0 Å². The van der Waals surface area contributed by atoms with E-state index in [2.05, 4.69) is 41.5 Å². The van der Waals surface area contributed by atoms with Crippen molar-refractivity contribution in [3.05, 3.63) is 75.8 Å². The number of rotatable bonds is 5. The summed E-state index contributed by atoms with van der Waals surface area (Å²) < 4.78 is 25.8. The number of nitrogens with zero attached hydrogens (tertiary/aromatic N) is 2. The first-order chi connectivity index (χ1) is 13.9. The SMILES string of the molecule is Cc1ccc(Cc2csc(N3CCC(S(=O)(=O)c4ccc(Cl)cc4)CC3)n2)cc1. The van der Waals surface area contributed by atoms with Crippen LogP contribution in [0.25, 0.3) is 0 Å². The number of piperidine rings is 1. The van der Waals surface area contributed by atoms with Gasteiger partial charge in [-0.3, -0.25) is 0 Å². The van der Waals surface area contributed by atoms with Crippen LogP contribution in [0, 0.1) is 6.92 Å². The smallest absolute Gasteiger partial charge is 0.185 e. The normalized spacial score (nSPS) is 15.6. The molecule has 1 saturated heterocycles. The maximum Gasteiger partial charge on any atom is 0.185 e. The molecule has 2 heterocycles. The topological polar surface area (TPSA) is 50.3 Å². The quantitative estimate of drug-likeness (QED) is 0.544. The van der Waals surface area contributed by atoms with E-state index in [0.717, 1.165) is 17.2 Å². The van der Waals surface area contributed by atoms with Gasteiger partial charge in [0.1, 0.15) is 0 Å². The third-order valence-electron chi connectivity index (χ3n) is 5.34. The molecule has 0 aliphatic carbocycles. The van der Waals surface area contributed by atoms with Crippen molar-refractivity contribution in [2.75, 3.05) is 18.0 Å². The first kappa shape index (κ1) is 20.4. The second-order valence-corrected chi connectivity index (χ2v) is 11.0. The Labute approximate surface area is 181 Å². The zero-order valence-electron chi connectivity index (χ0n) is 16.2. The molecule has 0 unspecified atom stereocenters. The van der Waals surface area contributed by atoms with Gasteiger partial charge in [0, 0.05) is 29.9 Å². The standard InChI is InChI=1S/C22H23ClN2O2S2/c1-16-2-4-17(5-3-16)14-19-15-28-22(24-19)25-12-10-21(11-13-25)29(26,27)20-8-6-18(23)7-9-20/h2-9,15,21H,10-14H2,1H3. The summed E-state index contributed by atoms with van der Waals surface area (Å²) in [4.78, 5) is 7.35. The molecule has 2 aromatic carbocycles. The van der Waals surface area contributed by atoms with Gasteiger partial charge in [-0.25, -0.2) is 13.4 Å². The van der Waals surface area contributed by atoms with Crippen LogP contribution in [0.15, 0.2) is 58.8 Å². The summed E-state index contributed by atoms with van der Waals surface area (Å²) in [5.41, 5.74) is 3.56. The van der Waals surface area contributed by atoms with Gasteiger partial charge in [-0.1, -0.05) is 41.4 Å². The van der Waals surface area contributed by atoms with Crippen LogP contribution in [0.5, 0.6) is 0 Å². The Morgan fingerprint density at radius 3 is 2.38 bits per heavy atom. The zero-order valence-corrected chi connectivity index (χ0v) is 18.6. The van der Waals surface area contributed by atoms with Gasteiger partial charge in [0.15, 0.2) is 15.0 Å². The molecule has 152 valence electrons. The number of hydrogen-bond acceptors (Lipinski definition) is 5. The van der Waals surface area contributed by atoms with E-state index < -0.39 is 9.84 Å². The molecule has 1 aliphatic rings. The molecule has 1 fully saturated rings. The Hall–Kier alpha value is -1.89. The number of anilines is 1. The molecule has 1 aromatic heterocycles. The molecule has 7 heteroatoms. The van der Waals surface area contributed by atoms with Crippen molar-refractivity contribution in [2.24, 2.45) is 0 Å². The van der Waals surface area contributed by atoms with E-state index in [4.69, 9.17) is 16.6 Å². The van der Waals surface area contributed by atoms with Crippen molar-refractivity contribution in [1.82, 2.24) is 4.98 Å². The number of thiazole rings is 1. The first-order valence-electron chi connectivity index (χ1n) is 9.66. The van der Waals surface area contributed by atoms with Crippen LogP contribution in [0.2, 0.25) is 5.02 Å². The lowest BCUT2D eigenvalue weighted by Crippen LogP contribution is -2.39. The minimum absolute atomic E-state index is 0.355. The van der Waals surface area contributed by atoms with E-state index in [1.807, 2.05) is 0 Å². The minimum Gasteiger partial charge on any atom is -0.348 e. The molecule has 4 rings (SSSR count). The van der Waals surface area contributed by atoms with Crippen molar-refractivity contribution in [2.45, 2.75) is 36.3 Å². The molecule has 0 bridgehead atoms. The zero-order chi connectivity index (χ0) is 20.4. The van der Waals surface area contributed by atoms with E-state index in [1.54, 1.807) is 35.6 Å².